The monoisotopic (exact) mass is 349 g/mol. The summed E-state index contributed by atoms with van der Waals surface area (Å²) in [6.07, 6.45) is 4.50. The van der Waals surface area contributed by atoms with Crippen LogP contribution >= 0.6 is 0 Å². The molecule has 1 saturated heterocycles. The molecule has 6 heteroatoms. The molecule has 132 valence electrons. The molecule has 26 heavy (non-hydrogen) atoms. The molecule has 2 heterocycles. The van der Waals surface area contributed by atoms with Crippen molar-refractivity contribution in [2.24, 2.45) is 0 Å². The van der Waals surface area contributed by atoms with E-state index in [4.69, 9.17) is 0 Å². The minimum atomic E-state index is -0.243. The second-order valence-electron chi connectivity index (χ2n) is 6.86. The van der Waals surface area contributed by atoms with Crippen molar-refractivity contribution in [1.82, 2.24) is 10.3 Å². The summed E-state index contributed by atoms with van der Waals surface area (Å²) in [5.41, 5.74) is 3.09. The average molecular weight is 349 g/mol. The van der Waals surface area contributed by atoms with Crippen molar-refractivity contribution in [3.63, 3.8) is 0 Å². The summed E-state index contributed by atoms with van der Waals surface area (Å²) in [6, 6.07) is 10.9. The Morgan fingerprint density at radius 1 is 1.00 bits per heavy atom. The summed E-state index contributed by atoms with van der Waals surface area (Å²) in [5, 5.41) is 5.22. The highest BCUT2D eigenvalue weighted by molar-refractivity contribution is 6.05. The van der Waals surface area contributed by atoms with Crippen molar-refractivity contribution in [1.29, 1.82) is 0 Å². The van der Waals surface area contributed by atoms with Gasteiger partial charge < -0.3 is 5.32 Å². The lowest BCUT2D eigenvalue weighted by Crippen LogP contribution is -2.37. The van der Waals surface area contributed by atoms with Gasteiger partial charge in [0, 0.05) is 36.6 Å². The van der Waals surface area contributed by atoms with Gasteiger partial charge in [-0.2, -0.15) is 0 Å². The van der Waals surface area contributed by atoms with E-state index in [-0.39, 0.29) is 23.6 Å². The van der Waals surface area contributed by atoms with Gasteiger partial charge in [0.2, 0.25) is 11.8 Å². The molecule has 6 nitrogen and oxygen atoms in total. The van der Waals surface area contributed by atoms with Crippen molar-refractivity contribution in [2.45, 2.75) is 37.5 Å². The maximum atomic E-state index is 12.6. The molecule has 1 saturated carbocycles. The first-order valence-electron chi connectivity index (χ1n) is 8.79. The van der Waals surface area contributed by atoms with Crippen LogP contribution in [0.1, 0.15) is 59.1 Å². The first-order chi connectivity index (χ1) is 12.6. The fourth-order valence-corrected chi connectivity index (χ4v) is 3.34. The van der Waals surface area contributed by atoms with E-state index in [1.54, 1.807) is 30.5 Å². The SMILES string of the molecule is O=C1CC(c2ccc(NC(=O)c3cccnc3C3CC3)cc2)CC(=O)N1. The smallest absolute Gasteiger partial charge is 0.257 e. The molecule has 4 rings (SSSR count). The number of aromatic nitrogens is 1. The molecule has 1 aliphatic carbocycles. The lowest BCUT2D eigenvalue weighted by molar-refractivity contribution is -0.133. The fourth-order valence-electron chi connectivity index (χ4n) is 3.34. The van der Waals surface area contributed by atoms with E-state index in [9.17, 15) is 14.4 Å². The van der Waals surface area contributed by atoms with Gasteiger partial charge in [-0.1, -0.05) is 12.1 Å². The normalized spacial score (nSPS) is 17.7. The van der Waals surface area contributed by atoms with Crippen LogP contribution in [-0.2, 0) is 9.59 Å². The predicted octanol–water partition coefficient (Wildman–Crippen LogP) is 2.73. The molecule has 3 amide bonds. The first kappa shape index (κ1) is 16.4. The van der Waals surface area contributed by atoms with Crippen LogP contribution in [0.25, 0.3) is 0 Å². The van der Waals surface area contributed by atoms with Crippen LogP contribution in [0, 0.1) is 0 Å². The summed E-state index contributed by atoms with van der Waals surface area (Å²) in [4.78, 5) is 40.0. The Balaban J connectivity index is 1.47. The highest BCUT2D eigenvalue weighted by Gasteiger charge is 2.29. The number of hydrogen-bond donors (Lipinski definition) is 2. The average Bonchev–Trinajstić information content (AvgIpc) is 3.46. The van der Waals surface area contributed by atoms with E-state index in [0.29, 0.717) is 30.0 Å². The molecule has 0 bridgehead atoms. The lowest BCUT2D eigenvalue weighted by atomic mass is 9.89. The largest absolute Gasteiger partial charge is 0.322 e. The summed E-state index contributed by atoms with van der Waals surface area (Å²) in [7, 11) is 0. The van der Waals surface area contributed by atoms with Crippen LogP contribution in [0.2, 0.25) is 0 Å². The van der Waals surface area contributed by atoms with Crippen molar-refractivity contribution < 1.29 is 14.4 Å². The summed E-state index contributed by atoms with van der Waals surface area (Å²) in [5.74, 6) is -0.365. The van der Waals surface area contributed by atoms with Gasteiger partial charge in [0.15, 0.2) is 0 Å². The van der Waals surface area contributed by atoms with Crippen LogP contribution in [0.4, 0.5) is 5.69 Å². The number of nitrogens with zero attached hydrogens (tertiary/aromatic N) is 1. The van der Waals surface area contributed by atoms with Gasteiger partial charge in [0.1, 0.15) is 0 Å². The molecule has 0 spiro atoms. The fraction of sp³-hybridized carbons (Fsp3) is 0.300. The summed E-state index contributed by atoms with van der Waals surface area (Å²) >= 11 is 0. The molecule has 0 atom stereocenters. The second-order valence-corrected chi connectivity index (χ2v) is 6.86. The molecule has 2 aromatic rings. The van der Waals surface area contributed by atoms with E-state index in [2.05, 4.69) is 15.6 Å². The quantitative estimate of drug-likeness (QED) is 0.831. The molecule has 2 aliphatic rings. The van der Waals surface area contributed by atoms with Gasteiger partial charge in [0.05, 0.1) is 11.3 Å². The molecule has 2 N–H and O–H groups in total. The number of nitrogens with one attached hydrogen (secondary N) is 2. The van der Waals surface area contributed by atoms with E-state index in [0.717, 1.165) is 24.1 Å². The van der Waals surface area contributed by atoms with E-state index in [1.807, 2.05) is 12.1 Å². The second kappa shape index (κ2) is 6.71. The van der Waals surface area contributed by atoms with Crippen LogP contribution in [0.3, 0.4) is 0 Å². The van der Waals surface area contributed by atoms with E-state index >= 15 is 0 Å². The minimum Gasteiger partial charge on any atom is -0.322 e. The summed E-state index contributed by atoms with van der Waals surface area (Å²) < 4.78 is 0. The van der Waals surface area contributed by atoms with Gasteiger partial charge in [-0.15, -0.1) is 0 Å². The zero-order chi connectivity index (χ0) is 18.1. The van der Waals surface area contributed by atoms with E-state index < -0.39 is 0 Å². The standard InChI is InChI=1S/C20H19N3O3/c24-17-10-14(11-18(25)23-17)12-5-7-15(8-6-12)22-20(26)16-2-1-9-21-19(16)13-3-4-13/h1-2,5-9,13-14H,3-4,10-11H2,(H,22,26)(H,23,24,25). The first-order valence-corrected chi connectivity index (χ1v) is 8.79. The molecule has 1 aromatic heterocycles. The van der Waals surface area contributed by atoms with Gasteiger partial charge >= 0.3 is 0 Å². The third-order valence-corrected chi connectivity index (χ3v) is 4.83. The van der Waals surface area contributed by atoms with Crippen molar-refractivity contribution in [3.05, 3.63) is 59.4 Å². The van der Waals surface area contributed by atoms with Gasteiger partial charge in [-0.3, -0.25) is 24.7 Å². The number of pyridine rings is 1. The van der Waals surface area contributed by atoms with Crippen molar-refractivity contribution in [2.75, 3.05) is 5.32 Å². The maximum Gasteiger partial charge on any atom is 0.257 e. The summed E-state index contributed by atoms with van der Waals surface area (Å²) in [6.45, 7) is 0. The number of rotatable bonds is 4. The van der Waals surface area contributed by atoms with Crippen LogP contribution in [0.5, 0.6) is 0 Å². The molecule has 2 fully saturated rings. The predicted molar refractivity (Wildman–Crippen MR) is 95.7 cm³/mol. The lowest BCUT2D eigenvalue weighted by Gasteiger charge is -2.21. The van der Waals surface area contributed by atoms with E-state index in [1.165, 1.54) is 0 Å². The number of carbonyl (C=O) groups excluding carboxylic acids is 3. The third-order valence-electron chi connectivity index (χ3n) is 4.83. The van der Waals surface area contributed by atoms with Crippen molar-refractivity contribution in [3.8, 4) is 0 Å². The minimum absolute atomic E-state index is 0.110. The van der Waals surface area contributed by atoms with Gasteiger partial charge in [0.25, 0.3) is 5.91 Å². The Morgan fingerprint density at radius 2 is 1.69 bits per heavy atom. The number of anilines is 1. The number of hydrogen-bond acceptors (Lipinski definition) is 4. The Hall–Kier alpha value is -3.02. The van der Waals surface area contributed by atoms with Gasteiger partial charge in [-0.25, -0.2) is 0 Å². The zero-order valence-corrected chi connectivity index (χ0v) is 14.2. The van der Waals surface area contributed by atoms with Crippen molar-refractivity contribution >= 4 is 23.4 Å². The molecular weight excluding hydrogens is 330 g/mol. The Morgan fingerprint density at radius 3 is 2.35 bits per heavy atom. The number of imide groups is 1. The topological polar surface area (TPSA) is 88.2 Å². The number of piperidine rings is 1. The molecular formula is C20H19N3O3. The Kier molecular flexibility index (Phi) is 4.24. The third kappa shape index (κ3) is 3.49. The number of benzene rings is 1. The zero-order valence-electron chi connectivity index (χ0n) is 14.2. The van der Waals surface area contributed by atoms with Crippen LogP contribution < -0.4 is 10.6 Å². The highest BCUT2D eigenvalue weighted by atomic mass is 16.2. The highest BCUT2D eigenvalue weighted by Crippen LogP contribution is 2.40. The van der Waals surface area contributed by atoms with Gasteiger partial charge in [-0.05, 0) is 42.7 Å². The molecule has 1 aliphatic heterocycles. The van der Waals surface area contributed by atoms with Crippen LogP contribution in [-0.4, -0.2) is 22.7 Å². The molecule has 0 unspecified atom stereocenters. The maximum absolute atomic E-state index is 12.6. The molecule has 0 radical (unpaired) electrons. The molecule has 1 aromatic carbocycles. The Bertz CT molecular complexity index is 856. The number of amides is 3. The Labute approximate surface area is 151 Å². The number of carbonyl (C=O) groups is 3. The van der Waals surface area contributed by atoms with Crippen LogP contribution in [0.15, 0.2) is 42.6 Å².